The Kier molecular flexibility index (Phi) is 16.8. The van der Waals surface area contributed by atoms with Crippen LogP contribution in [0.5, 0.6) is 0 Å². The van der Waals surface area contributed by atoms with Gasteiger partial charge in [-0.05, 0) is 0 Å². The molecule has 0 fully saturated rings. The van der Waals surface area contributed by atoms with Crippen molar-refractivity contribution in [2.75, 3.05) is 0 Å². The summed E-state index contributed by atoms with van der Waals surface area (Å²) in [6, 6.07) is 0. The van der Waals surface area contributed by atoms with Gasteiger partial charge in [0.1, 0.15) is 0 Å². The monoisotopic (exact) mass is 160 g/mol. The summed E-state index contributed by atoms with van der Waals surface area (Å²) in [5, 5.41) is 9.91. The second-order valence-electron chi connectivity index (χ2n) is 2.54. The van der Waals surface area contributed by atoms with Gasteiger partial charge in [0.15, 0.2) is 0 Å². The van der Waals surface area contributed by atoms with E-state index in [0.29, 0.717) is 0 Å². The van der Waals surface area contributed by atoms with Crippen LogP contribution in [0, 0.1) is 5.41 Å². The van der Waals surface area contributed by atoms with E-state index >= 15 is 0 Å². The van der Waals surface area contributed by atoms with Crippen molar-refractivity contribution in [3.05, 3.63) is 0 Å². The average Bonchev–Trinajstić information content (AvgIpc) is 1.31. The van der Waals surface area contributed by atoms with Crippen LogP contribution >= 0.6 is 0 Å². The summed E-state index contributed by atoms with van der Waals surface area (Å²) in [7, 11) is 0. The van der Waals surface area contributed by atoms with Gasteiger partial charge in [0.2, 0.25) is 0 Å². The van der Waals surface area contributed by atoms with Crippen molar-refractivity contribution in [2.45, 2.75) is 20.8 Å². The molecule has 5 heteroatoms. The first-order chi connectivity index (χ1) is 2.94. The van der Waals surface area contributed by atoms with Crippen LogP contribution in [0.3, 0.4) is 0 Å². The molecule has 0 aliphatic rings. The molecule has 0 spiro atoms. The van der Waals surface area contributed by atoms with E-state index < -0.39 is 11.4 Å². The normalized spacial score (nSPS) is 7.90. The van der Waals surface area contributed by atoms with Crippen molar-refractivity contribution < 1.29 is 50.4 Å². The molecular weight excluding hydrogens is 147 g/mol. The predicted molar refractivity (Wildman–Crippen MR) is 31.7 cm³/mol. The first kappa shape index (κ1) is 22.4. The van der Waals surface area contributed by atoms with Crippen LogP contribution in [0.2, 0.25) is 0 Å². The van der Waals surface area contributed by atoms with Gasteiger partial charge in [0, 0.05) is 11.4 Å². The Balaban J connectivity index is -0.0000000600. The fraction of sp³-hybridized carbons (Fsp3) is 0.800. The molecule has 58 valence electrons. The summed E-state index contributed by atoms with van der Waals surface area (Å²) in [5.41, 5.74) is -0.694. The molecule has 0 aliphatic heterocycles. The molecule has 0 atom stereocenters. The van der Waals surface area contributed by atoms with Gasteiger partial charge >= 0.3 is 29.6 Å². The first-order valence-corrected chi connectivity index (χ1v) is 2.16. The minimum absolute atomic E-state index is 0. The van der Waals surface area contributed by atoms with E-state index in [1.807, 2.05) is 0 Å². The fourth-order valence-electron chi connectivity index (χ4n) is 0. The molecule has 0 bridgehead atoms. The molecule has 0 radical (unpaired) electrons. The summed E-state index contributed by atoms with van der Waals surface area (Å²) in [5.74, 6) is -1.01. The van der Waals surface area contributed by atoms with Crippen molar-refractivity contribution in [1.82, 2.24) is 0 Å². The molecule has 10 heavy (non-hydrogen) atoms. The van der Waals surface area contributed by atoms with E-state index in [9.17, 15) is 9.90 Å². The van der Waals surface area contributed by atoms with E-state index in [1.165, 1.54) is 0 Å². The third kappa shape index (κ3) is 11.2. The van der Waals surface area contributed by atoms with Gasteiger partial charge in [-0.3, -0.25) is 0 Å². The van der Waals surface area contributed by atoms with Gasteiger partial charge in [-0.1, -0.05) is 20.8 Å². The second-order valence-corrected chi connectivity index (χ2v) is 2.54. The maximum Gasteiger partial charge on any atom is 1.00 e. The number of carboxylic acid groups (broad SMARTS) is 1. The van der Waals surface area contributed by atoms with Crippen LogP contribution in [0.15, 0.2) is 0 Å². The van der Waals surface area contributed by atoms with Crippen molar-refractivity contribution in [2.24, 2.45) is 5.41 Å². The quantitative estimate of drug-likeness (QED) is 0.331. The second kappa shape index (κ2) is 7.50. The Labute approximate surface area is 82.5 Å². The number of carbonyl (C=O) groups is 1. The molecule has 4 N–H and O–H groups in total. The number of aliphatic carboxylic acids is 1. The summed E-state index contributed by atoms with van der Waals surface area (Å²) in [6.45, 7) is 4.80. The Morgan fingerprint density at radius 2 is 1.30 bits per heavy atom. The SMILES string of the molecule is CC(C)(C)C(=O)[O-].O.O.[Na+]. The van der Waals surface area contributed by atoms with Crippen molar-refractivity contribution in [3.8, 4) is 0 Å². The van der Waals surface area contributed by atoms with Crippen molar-refractivity contribution >= 4 is 5.97 Å². The molecule has 0 aromatic heterocycles. The van der Waals surface area contributed by atoms with E-state index in [4.69, 9.17) is 0 Å². The van der Waals surface area contributed by atoms with Gasteiger partial charge in [-0.2, -0.15) is 0 Å². The molecular formula is C5H13NaO4. The van der Waals surface area contributed by atoms with Gasteiger partial charge in [-0.25, -0.2) is 0 Å². The number of hydrogen-bond donors (Lipinski definition) is 0. The van der Waals surface area contributed by atoms with Gasteiger partial charge < -0.3 is 20.9 Å². The average molecular weight is 160 g/mol. The number of rotatable bonds is 0. The third-order valence-corrected chi connectivity index (χ3v) is 0.612. The standard InChI is InChI=1S/C5H10O2.Na.2H2O/c1-5(2,3)4(6)7;;;/h1-3H3,(H,6,7);;2*1H2/q;+1;;/p-1. The molecule has 0 unspecified atom stereocenters. The van der Waals surface area contributed by atoms with Crippen molar-refractivity contribution in [1.29, 1.82) is 0 Å². The minimum atomic E-state index is -1.01. The molecule has 0 heterocycles. The molecule has 0 saturated carbocycles. The minimum Gasteiger partial charge on any atom is -0.550 e. The Morgan fingerprint density at radius 1 is 1.20 bits per heavy atom. The van der Waals surface area contributed by atoms with Gasteiger partial charge in [-0.15, -0.1) is 0 Å². The molecule has 0 aromatic rings. The van der Waals surface area contributed by atoms with E-state index in [-0.39, 0.29) is 40.5 Å². The van der Waals surface area contributed by atoms with Crippen LogP contribution in [-0.4, -0.2) is 16.9 Å². The van der Waals surface area contributed by atoms with Crippen LogP contribution < -0.4 is 34.7 Å². The number of carboxylic acids is 1. The topological polar surface area (TPSA) is 103 Å². The van der Waals surface area contributed by atoms with Crippen molar-refractivity contribution in [3.63, 3.8) is 0 Å². The molecule has 0 rings (SSSR count). The maximum absolute atomic E-state index is 9.91. The summed E-state index contributed by atoms with van der Waals surface area (Å²) in [6.07, 6.45) is 0. The zero-order chi connectivity index (χ0) is 6.08. The fourth-order valence-corrected chi connectivity index (χ4v) is 0. The zero-order valence-electron chi connectivity index (χ0n) is 6.82. The van der Waals surface area contributed by atoms with Gasteiger partial charge in [0.25, 0.3) is 0 Å². The Morgan fingerprint density at radius 3 is 1.30 bits per heavy atom. The summed E-state index contributed by atoms with van der Waals surface area (Å²) >= 11 is 0. The van der Waals surface area contributed by atoms with Crippen LogP contribution in [-0.2, 0) is 4.79 Å². The maximum atomic E-state index is 9.91. The number of carbonyl (C=O) groups excluding carboxylic acids is 1. The van der Waals surface area contributed by atoms with Gasteiger partial charge in [0.05, 0.1) is 0 Å². The molecule has 0 aromatic carbocycles. The Hall–Kier alpha value is 0.390. The third-order valence-electron chi connectivity index (χ3n) is 0.612. The van der Waals surface area contributed by atoms with Crippen LogP contribution in [0.1, 0.15) is 20.8 Å². The Bertz CT molecular complexity index is 86.1. The molecule has 4 nitrogen and oxygen atoms in total. The smallest absolute Gasteiger partial charge is 0.550 e. The van der Waals surface area contributed by atoms with Crippen LogP contribution in [0.4, 0.5) is 0 Å². The largest absolute Gasteiger partial charge is 1.00 e. The predicted octanol–water partition coefficient (Wildman–Crippen LogP) is -4.86. The first-order valence-electron chi connectivity index (χ1n) is 2.16. The molecule has 0 saturated heterocycles. The van der Waals surface area contributed by atoms with E-state index in [0.717, 1.165) is 0 Å². The molecule has 0 amide bonds. The number of hydrogen-bond acceptors (Lipinski definition) is 2. The summed E-state index contributed by atoms with van der Waals surface area (Å²) < 4.78 is 0. The van der Waals surface area contributed by atoms with Crippen LogP contribution in [0.25, 0.3) is 0 Å². The zero-order valence-corrected chi connectivity index (χ0v) is 8.82. The molecule has 0 aliphatic carbocycles. The summed E-state index contributed by atoms with van der Waals surface area (Å²) in [4.78, 5) is 9.91. The van der Waals surface area contributed by atoms with E-state index in [2.05, 4.69) is 0 Å². The van der Waals surface area contributed by atoms with E-state index in [1.54, 1.807) is 20.8 Å².